The molecule has 0 aromatic heterocycles. The van der Waals surface area contributed by atoms with Gasteiger partial charge in [-0.15, -0.1) is 0 Å². The van der Waals surface area contributed by atoms with Crippen LogP contribution in [0.2, 0.25) is 0 Å². The number of benzene rings is 1. The number of hydrogen-bond acceptors (Lipinski definition) is 3. The third kappa shape index (κ3) is 2.67. The maximum absolute atomic E-state index is 12.7. The minimum Gasteiger partial charge on any atom is -0.325 e. The molecule has 0 radical (unpaired) electrons. The molecule has 1 aromatic rings. The predicted octanol–water partition coefficient (Wildman–Crippen LogP) is 4.34. The van der Waals surface area contributed by atoms with Crippen LogP contribution in [-0.2, 0) is 9.59 Å². The highest BCUT2D eigenvalue weighted by atomic mass is 32.2. The summed E-state index contributed by atoms with van der Waals surface area (Å²) in [4.78, 5) is 25.8. The van der Waals surface area contributed by atoms with Crippen molar-refractivity contribution in [2.75, 3.05) is 5.32 Å². The van der Waals surface area contributed by atoms with Crippen LogP contribution in [0.25, 0.3) is 0 Å². The van der Waals surface area contributed by atoms with Crippen LogP contribution in [0.1, 0.15) is 33.1 Å². The second-order valence-electron chi connectivity index (χ2n) is 6.93. The Labute approximate surface area is 138 Å². The van der Waals surface area contributed by atoms with Crippen molar-refractivity contribution in [2.45, 2.75) is 43.8 Å². The number of anilines is 1. The summed E-state index contributed by atoms with van der Waals surface area (Å²) in [5.41, 5.74) is -0.818. The SMILES string of the molecule is CC1(C)C(=O)C2(C(=O)Nc3ccc(SC(F)F)cc3)CCC1C2. The Bertz CT molecular complexity index is 644. The molecule has 1 aromatic carbocycles. The summed E-state index contributed by atoms with van der Waals surface area (Å²) >= 11 is 0.462. The molecule has 2 fully saturated rings. The fraction of sp³-hybridized carbons (Fsp3) is 0.529. The van der Waals surface area contributed by atoms with E-state index in [9.17, 15) is 18.4 Å². The number of ketones is 1. The van der Waals surface area contributed by atoms with E-state index in [0.29, 0.717) is 35.2 Å². The van der Waals surface area contributed by atoms with Crippen LogP contribution in [0, 0.1) is 16.7 Å². The minimum absolute atomic E-state index is 0.0311. The van der Waals surface area contributed by atoms with Gasteiger partial charge in [0.1, 0.15) is 5.41 Å². The average Bonchev–Trinajstić information content (AvgIpc) is 3.01. The number of halogens is 2. The fourth-order valence-corrected chi connectivity index (χ4v) is 4.45. The Morgan fingerprint density at radius 3 is 2.48 bits per heavy atom. The fourth-order valence-electron chi connectivity index (χ4n) is 3.95. The van der Waals surface area contributed by atoms with E-state index in [1.165, 1.54) is 0 Å². The van der Waals surface area contributed by atoms with Gasteiger partial charge in [0, 0.05) is 16.0 Å². The molecule has 3 nitrogen and oxygen atoms in total. The predicted molar refractivity (Wildman–Crippen MR) is 85.5 cm³/mol. The van der Waals surface area contributed by atoms with Crippen LogP contribution in [-0.4, -0.2) is 17.4 Å². The zero-order valence-electron chi connectivity index (χ0n) is 13.1. The van der Waals surface area contributed by atoms with Gasteiger partial charge in [-0.3, -0.25) is 9.59 Å². The standard InChI is InChI=1S/C17H19F2NO2S/c1-16(2)10-7-8-17(9-10,13(16)21)14(22)20-11-3-5-12(6-4-11)23-15(18)19/h3-6,10,15H,7-9H2,1-2H3,(H,20,22). The number of fused-ring (bicyclic) bond motifs is 2. The molecule has 124 valence electrons. The minimum atomic E-state index is -2.47. The van der Waals surface area contributed by atoms with E-state index in [1.807, 2.05) is 13.8 Å². The molecule has 2 aliphatic rings. The first-order chi connectivity index (χ1) is 10.8. The van der Waals surface area contributed by atoms with Crippen molar-refractivity contribution >= 4 is 29.1 Å². The number of carbonyl (C=O) groups is 2. The Hall–Kier alpha value is -1.43. The van der Waals surface area contributed by atoms with E-state index in [2.05, 4.69) is 5.32 Å². The summed E-state index contributed by atoms with van der Waals surface area (Å²) in [5, 5.41) is 2.79. The molecule has 2 aliphatic carbocycles. The van der Waals surface area contributed by atoms with Gasteiger partial charge in [-0.2, -0.15) is 8.78 Å². The van der Waals surface area contributed by atoms with Crippen LogP contribution in [0.5, 0.6) is 0 Å². The number of carbonyl (C=O) groups excluding carboxylic acids is 2. The quantitative estimate of drug-likeness (QED) is 0.656. The van der Waals surface area contributed by atoms with Gasteiger partial charge in [-0.25, -0.2) is 0 Å². The third-order valence-corrected chi connectivity index (χ3v) is 6.05. The molecular formula is C17H19F2NO2S. The van der Waals surface area contributed by atoms with Gasteiger partial charge in [0.05, 0.1) is 0 Å². The second kappa shape index (κ2) is 5.58. The lowest BCUT2D eigenvalue weighted by Crippen LogP contribution is -2.44. The Kier molecular flexibility index (Phi) is 3.99. The van der Waals surface area contributed by atoms with Gasteiger partial charge in [-0.05, 0) is 49.4 Å². The van der Waals surface area contributed by atoms with Crippen molar-refractivity contribution in [2.24, 2.45) is 16.7 Å². The lowest BCUT2D eigenvalue weighted by atomic mass is 9.70. The molecule has 0 aliphatic heterocycles. The topological polar surface area (TPSA) is 46.2 Å². The maximum atomic E-state index is 12.7. The number of Topliss-reactive ketones (excluding diaryl/α,β-unsaturated/α-hetero) is 1. The van der Waals surface area contributed by atoms with Gasteiger partial charge in [0.2, 0.25) is 5.91 Å². The van der Waals surface area contributed by atoms with Crippen molar-refractivity contribution < 1.29 is 18.4 Å². The third-order valence-electron chi connectivity index (χ3n) is 5.33. The number of nitrogens with one attached hydrogen (secondary N) is 1. The summed E-state index contributed by atoms with van der Waals surface area (Å²) < 4.78 is 24.6. The number of alkyl halides is 2. The van der Waals surface area contributed by atoms with E-state index in [-0.39, 0.29) is 17.6 Å². The van der Waals surface area contributed by atoms with Crippen molar-refractivity contribution in [3.8, 4) is 0 Å². The van der Waals surface area contributed by atoms with E-state index < -0.39 is 16.6 Å². The molecule has 3 rings (SSSR count). The van der Waals surface area contributed by atoms with Crippen molar-refractivity contribution in [1.82, 2.24) is 0 Å². The van der Waals surface area contributed by atoms with Crippen LogP contribution in [0.15, 0.2) is 29.2 Å². The highest BCUT2D eigenvalue weighted by molar-refractivity contribution is 7.99. The number of thioether (sulfide) groups is 1. The highest BCUT2D eigenvalue weighted by Crippen LogP contribution is 2.60. The summed E-state index contributed by atoms with van der Waals surface area (Å²) in [7, 11) is 0. The van der Waals surface area contributed by atoms with Gasteiger partial charge in [-0.1, -0.05) is 25.6 Å². The van der Waals surface area contributed by atoms with Gasteiger partial charge >= 0.3 is 0 Å². The lowest BCUT2D eigenvalue weighted by molar-refractivity contribution is -0.142. The van der Waals surface area contributed by atoms with E-state index in [1.54, 1.807) is 24.3 Å². The zero-order valence-corrected chi connectivity index (χ0v) is 13.9. The smallest absolute Gasteiger partial charge is 0.288 e. The molecular weight excluding hydrogens is 320 g/mol. The van der Waals surface area contributed by atoms with Crippen molar-refractivity contribution in [1.29, 1.82) is 0 Å². The van der Waals surface area contributed by atoms with Crippen LogP contribution in [0.3, 0.4) is 0 Å². The molecule has 2 atom stereocenters. The lowest BCUT2D eigenvalue weighted by Gasteiger charge is -2.32. The van der Waals surface area contributed by atoms with E-state index >= 15 is 0 Å². The number of amides is 1. The number of hydrogen-bond donors (Lipinski definition) is 1. The highest BCUT2D eigenvalue weighted by Gasteiger charge is 2.64. The Morgan fingerprint density at radius 2 is 1.96 bits per heavy atom. The molecule has 23 heavy (non-hydrogen) atoms. The summed E-state index contributed by atoms with van der Waals surface area (Å²) in [6, 6.07) is 6.27. The molecule has 0 saturated heterocycles. The largest absolute Gasteiger partial charge is 0.325 e. The monoisotopic (exact) mass is 339 g/mol. The molecule has 0 spiro atoms. The average molecular weight is 339 g/mol. The Morgan fingerprint density at radius 1 is 1.30 bits per heavy atom. The zero-order chi connectivity index (χ0) is 16.8. The van der Waals surface area contributed by atoms with Gasteiger partial charge in [0.15, 0.2) is 5.78 Å². The summed E-state index contributed by atoms with van der Waals surface area (Å²) in [6.45, 7) is 3.84. The van der Waals surface area contributed by atoms with Gasteiger partial charge < -0.3 is 5.32 Å². The molecule has 6 heteroatoms. The Balaban J connectivity index is 1.74. The molecule has 2 bridgehead atoms. The molecule has 2 saturated carbocycles. The van der Waals surface area contributed by atoms with Crippen molar-refractivity contribution in [3.05, 3.63) is 24.3 Å². The maximum Gasteiger partial charge on any atom is 0.288 e. The first-order valence-corrected chi connectivity index (χ1v) is 8.55. The molecule has 0 heterocycles. The number of rotatable bonds is 4. The normalized spacial score (nSPS) is 28.4. The first kappa shape index (κ1) is 16.4. The molecule has 1 amide bonds. The molecule has 1 N–H and O–H groups in total. The second-order valence-corrected chi connectivity index (χ2v) is 7.99. The molecule has 2 unspecified atom stereocenters. The first-order valence-electron chi connectivity index (χ1n) is 7.67. The van der Waals surface area contributed by atoms with E-state index in [4.69, 9.17) is 0 Å². The summed E-state index contributed by atoms with van der Waals surface area (Å²) in [6.07, 6.45) is 2.12. The van der Waals surface area contributed by atoms with Crippen LogP contribution in [0.4, 0.5) is 14.5 Å². The van der Waals surface area contributed by atoms with E-state index in [0.717, 1.165) is 6.42 Å². The van der Waals surface area contributed by atoms with Crippen LogP contribution < -0.4 is 5.32 Å². The van der Waals surface area contributed by atoms with Crippen LogP contribution >= 0.6 is 11.8 Å². The van der Waals surface area contributed by atoms with Crippen molar-refractivity contribution in [3.63, 3.8) is 0 Å². The van der Waals surface area contributed by atoms with Gasteiger partial charge in [0.25, 0.3) is 5.76 Å². The summed E-state index contributed by atoms with van der Waals surface area (Å²) in [5.74, 6) is -2.43.